The first-order chi connectivity index (χ1) is 12.9. The number of carbonyl (C=O) groups is 1. The van der Waals surface area contributed by atoms with Gasteiger partial charge in [0, 0.05) is 7.05 Å². The van der Waals surface area contributed by atoms with Gasteiger partial charge in [0.1, 0.15) is 23.9 Å². The normalized spacial score (nSPS) is 11.1. The zero-order valence-electron chi connectivity index (χ0n) is 14.6. The van der Waals surface area contributed by atoms with Gasteiger partial charge in [0.15, 0.2) is 5.76 Å². The highest BCUT2D eigenvalue weighted by Crippen LogP contribution is 2.15. The van der Waals surface area contributed by atoms with Crippen LogP contribution in [-0.4, -0.2) is 21.9 Å². The van der Waals surface area contributed by atoms with E-state index < -0.39 is 11.9 Å². The van der Waals surface area contributed by atoms with E-state index in [4.69, 9.17) is 9.15 Å². The van der Waals surface area contributed by atoms with Crippen molar-refractivity contribution < 1.29 is 22.7 Å². The Balaban J connectivity index is 1.56. The van der Waals surface area contributed by atoms with Crippen LogP contribution in [0.25, 0.3) is 0 Å². The molecule has 0 bridgehead atoms. The van der Waals surface area contributed by atoms with E-state index in [2.05, 4.69) is 15.6 Å². The average molecular weight is 374 g/mol. The number of halogens is 2. The molecule has 0 aliphatic carbocycles. The highest BCUT2D eigenvalue weighted by atomic mass is 19.1. The number of hydrazone groups is 1. The Kier molecular flexibility index (Phi) is 5.30. The van der Waals surface area contributed by atoms with Crippen LogP contribution in [0.2, 0.25) is 0 Å². The van der Waals surface area contributed by atoms with Crippen LogP contribution >= 0.6 is 0 Å². The topological polar surface area (TPSA) is 81.7 Å². The number of hydrogen-bond donors (Lipinski definition) is 1. The lowest BCUT2D eigenvalue weighted by molar-refractivity contribution is 0.0923. The Morgan fingerprint density at radius 2 is 2.04 bits per heavy atom. The lowest BCUT2D eigenvalue weighted by atomic mass is 10.3. The summed E-state index contributed by atoms with van der Waals surface area (Å²) in [5.74, 6) is -0.612. The maximum Gasteiger partial charge on any atom is 0.307 e. The quantitative estimate of drug-likeness (QED) is 0.531. The van der Waals surface area contributed by atoms with Gasteiger partial charge in [-0.2, -0.15) is 14.6 Å². The molecule has 0 spiro atoms. The third kappa shape index (κ3) is 4.38. The summed E-state index contributed by atoms with van der Waals surface area (Å²) in [6.45, 7) is 1.70. The summed E-state index contributed by atoms with van der Waals surface area (Å²) < 4.78 is 38.5. The molecule has 0 atom stereocenters. The first-order valence-corrected chi connectivity index (χ1v) is 7.93. The van der Waals surface area contributed by atoms with Crippen LogP contribution in [-0.2, 0) is 13.7 Å². The molecule has 0 saturated carbocycles. The minimum atomic E-state index is -0.596. The van der Waals surface area contributed by atoms with Gasteiger partial charge in [0.2, 0.25) is 5.95 Å². The van der Waals surface area contributed by atoms with E-state index in [-0.39, 0.29) is 23.7 Å². The fraction of sp³-hybridized carbons (Fsp3) is 0.167. The lowest BCUT2D eigenvalue weighted by Crippen LogP contribution is -2.17. The molecule has 2 heterocycles. The van der Waals surface area contributed by atoms with Crippen LogP contribution in [0.4, 0.5) is 8.78 Å². The highest BCUT2D eigenvalue weighted by Gasteiger charge is 2.13. The Labute approximate surface area is 153 Å². The Hall–Kier alpha value is -3.49. The van der Waals surface area contributed by atoms with Gasteiger partial charge in [-0.25, -0.2) is 14.5 Å². The number of nitrogens with one attached hydrogen (secondary N) is 1. The number of rotatable bonds is 6. The summed E-state index contributed by atoms with van der Waals surface area (Å²) >= 11 is 0. The Morgan fingerprint density at radius 1 is 1.30 bits per heavy atom. The van der Waals surface area contributed by atoms with E-state index in [1.165, 1.54) is 43.6 Å². The number of benzene rings is 1. The molecule has 1 aromatic carbocycles. The number of hydrogen-bond acceptors (Lipinski definition) is 5. The van der Waals surface area contributed by atoms with Crippen LogP contribution in [0, 0.1) is 18.7 Å². The van der Waals surface area contributed by atoms with Gasteiger partial charge < -0.3 is 9.15 Å². The zero-order valence-corrected chi connectivity index (χ0v) is 14.6. The molecule has 27 heavy (non-hydrogen) atoms. The standard InChI is InChI=1S/C18H16F2N4O3/c1-11-15(17(20)24(2)23-11)9-21-22-18(25)16-8-7-14(27-16)10-26-13-5-3-12(19)4-6-13/h3-9H,10H2,1-2H3,(H,22,25). The lowest BCUT2D eigenvalue weighted by Gasteiger charge is -2.03. The van der Waals surface area contributed by atoms with Crippen molar-refractivity contribution in [2.45, 2.75) is 13.5 Å². The molecule has 0 aliphatic heterocycles. The maximum atomic E-state index is 13.8. The van der Waals surface area contributed by atoms with E-state index in [1.54, 1.807) is 13.0 Å². The van der Waals surface area contributed by atoms with E-state index >= 15 is 0 Å². The van der Waals surface area contributed by atoms with Crippen molar-refractivity contribution >= 4 is 12.1 Å². The summed E-state index contributed by atoms with van der Waals surface area (Å²) in [4.78, 5) is 12.0. The minimum absolute atomic E-state index is 0.0215. The van der Waals surface area contributed by atoms with E-state index in [0.717, 1.165) is 4.68 Å². The van der Waals surface area contributed by atoms with Crippen molar-refractivity contribution in [1.29, 1.82) is 0 Å². The third-order valence-corrected chi connectivity index (χ3v) is 3.64. The van der Waals surface area contributed by atoms with Gasteiger partial charge in [0.05, 0.1) is 17.5 Å². The predicted octanol–water partition coefficient (Wildman–Crippen LogP) is 2.94. The fourth-order valence-electron chi connectivity index (χ4n) is 2.27. The maximum absolute atomic E-state index is 13.8. The fourth-order valence-corrected chi connectivity index (χ4v) is 2.27. The molecule has 0 radical (unpaired) electrons. The third-order valence-electron chi connectivity index (χ3n) is 3.64. The van der Waals surface area contributed by atoms with E-state index in [9.17, 15) is 13.6 Å². The average Bonchev–Trinajstić information content (AvgIpc) is 3.21. The summed E-state index contributed by atoms with van der Waals surface area (Å²) in [7, 11) is 1.47. The van der Waals surface area contributed by atoms with Crippen molar-refractivity contribution in [2.24, 2.45) is 12.1 Å². The van der Waals surface area contributed by atoms with Gasteiger partial charge in [-0.3, -0.25) is 4.79 Å². The largest absolute Gasteiger partial charge is 0.486 e. The van der Waals surface area contributed by atoms with Crippen LogP contribution in [0.1, 0.15) is 27.6 Å². The van der Waals surface area contributed by atoms with Crippen LogP contribution in [0.5, 0.6) is 5.75 Å². The molecule has 0 saturated heterocycles. The second-order valence-corrected chi connectivity index (χ2v) is 5.62. The molecule has 9 heteroatoms. The Bertz CT molecular complexity index is 977. The number of aromatic nitrogens is 2. The van der Waals surface area contributed by atoms with Crippen molar-refractivity contribution in [2.75, 3.05) is 0 Å². The second-order valence-electron chi connectivity index (χ2n) is 5.62. The van der Waals surface area contributed by atoms with Crippen molar-refractivity contribution in [1.82, 2.24) is 15.2 Å². The molecule has 3 aromatic rings. The Morgan fingerprint density at radius 3 is 2.70 bits per heavy atom. The van der Waals surface area contributed by atoms with E-state index in [0.29, 0.717) is 17.2 Å². The van der Waals surface area contributed by atoms with Crippen LogP contribution in [0.3, 0.4) is 0 Å². The van der Waals surface area contributed by atoms with Crippen molar-refractivity contribution in [3.8, 4) is 5.75 Å². The molecule has 0 fully saturated rings. The zero-order chi connectivity index (χ0) is 19.4. The van der Waals surface area contributed by atoms with Crippen LogP contribution in [0.15, 0.2) is 45.9 Å². The molecular weight excluding hydrogens is 358 g/mol. The van der Waals surface area contributed by atoms with Gasteiger partial charge in [-0.1, -0.05) is 0 Å². The first kappa shape index (κ1) is 18.3. The SMILES string of the molecule is Cc1nn(C)c(F)c1C=NNC(=O)c1ccc(COc2ccc(F)cc2)o1. The highest BCUT2D eigenvalue weighted by molar-refractivity contribution is 5.92. The number of amides is 1. The summed E-state index contributed by atoms with van der Waals surface area (Å²) in [6, 6.07) is 8.57. The smallest absolute Gasteiger partial charge is 0.307 e. The molecule has 0 unspecified atom stereocenters. The number of carbonyl (C=O) groups excluding carboxylic acids is 1. The summed E-state index contributed by atoms with van der Waals surface area (Å²) in [5, 5.41) is 7.62. The predicted molar refractivity (Wildman–Crippen MR) is 92.4 cm³/mol. The number of furan rings is 1. The van der Waals surface area contributed by atoms with Crippen molar-refractivity contribution in [3.05, 3.63) is 70.9 Å². The number of aryl methyl sites for hydroxylation is 2. The molecule has 140 valence electrons. The summed E-state index contributed by atoms with van der Waals surface area (Å²) in [5.41, 5.74) is 2.89. The molecular formula is C18H16F2N4O3. The molecule has 3 rings (SSSR count). The van der Waals surface area contributed by atoms with Crippen molar-refractivity contribution in [3.63, 3.8) is 0 Å². The summed E-state index contributed by atoms with van der Waals surface area (Å²) in [6.07, 6.45) is 1.18. The monoisotopic (exact) mass is 374 g/mol. The number of nitrogens with zero attached hydrogens (tertiary/aromatic N) is 3. The minimum Gasteiger partial charge on any atom is -0.486 e. The second kappa shape index (κ2) is 7.81. The van der Waals surface area contributed by atoms with Gasteiger partial charge in [-0.15, -0.1) is 0 Å². The number of ether oxygens (including phenoxy) is 1. The molecule has 7 nitrogen and oxygen atoms in total. The molecule has 1 amide bonds. The molecule has 2 aromatic heterocycles. The van der Waals surface area contributed by atoms with Crippen LogP contribution < -0.4 is 10.2 Å². The van der Waals surface area contributed by atoms with Gasteiger partial charge >= 0.3 is 5.91 Å². The molecule has 0 aliphatic rings. The van der Waals surface area contributed by atoms with E-state index in [1.807, 2.05) is 0 Å². The first-order valence-electron chi connectivity index (χ1n) is 7.93. The molecule has 1 N–H and O–H groups in total. The van der Waals surface area contributed by atoms with Gasteiger partial charge in [0.25, 0.3) is 0 Å². The van der Waals surface area contributed by atoms with Gasteiger partial charge in [-0.05, 0) is 43.3 Å².